The van der Waals surface area contributed by atoms with E-state index in [2.05, 4.69) is 6.20 Å². The fraction of sp³-hybridized carbons (Fsp3) is 0.286. The summed E-state index contributed by atoms with van der Waals surface area (Å²) in [5.74, 6) is 1.02. The molecule has 3 aromatic rings. The summed E-state index contributed by atoms with van der Waals surface area (Å²) in [6.07, 6.45) is 6.43. The van der Waals surface area contributed by atoms with Gasteiger partial charge in [-0.15, -0.1) is 11.8 Å². The first-order valence-electron chi connectivity index (χ1n) is 9.57. The number of imide groups is 1. The van der Waals surface area contributed by atoms with Crippen LogP contribution in [0.2, 0.25) is 0 Å². The topological polar surface area (TPSA) is 83.9 Å². The highest BCUT2D eigenvalue weighted by molar-refractivity contribution is 7.98. The molecule has 148 valence electrons. The summed E-state index contributed by atoms with van der Waals surface area (Å²) in [6, 6.07) is 9.50. The van der Waals surface area contributed by atoms with Crippen LogP contribution in [-0.4, -0.2) is 39.8 Å². The number of fused-ring (bicyclic) bond motifs is 1. The van der Waals surface area contributed by atoms with E-state index in [4.69, 9.17) is 10.7 Å². The van der Waals surface area contributed by atoms with Crippen molar-refractivity contribution in [2.45, 2.75) is 29.4 Å². The van der Waals surface area contributed by atoms with Gasteiger partial charge in [-0.3, -0.25) is 14.6 Å². The van der Waals surface area contributed by atoms with Crippen molar-refractivity contribution in [3.05, 3.63) is 54.0 Å². The van der Waals surface area contributed by atoms with Gasteiger partial charge in [0, 0.05) is 35.8 Å². The molecule has 0 radical (unpaired) electrons. The Labute approximate surface area is 172 Å². The number of urea groups is 1. The minimum absolute atomic E-state index is 0.0549. The lowest BCUT2D eigenvalue weighted by Gasteiger charge is -2.17. The van der Waals surface area contributed by atoms with E-state index in [9.17, 15) is 9.59 Å². The number of anilines is 2. The van der Waals surface area contributed by atoms with E-state index in [1.807, 2.05) is 40.9 Å². The number of likely N-dealkylation sites (N-methyl/N-ethyl adjacent to an activating group) is 1. The maximum absolute atomic E-state index is 12.6. The highest BCUT2D eigenvalue weighted by atomic mass is 32.2. The lowest BCUT2D eigenvalue weighted by atomic mass is 10.1. The Balaban J connectivity index is 1.50. The van der Waals surface area contributed by atoms with Crippen LogP contribution in [0.15, 0.2) is 47.6 Å². The fourth-order valence-corrected chi connectivity index (χ4v) is 4.46. The van der Waals surface area contributed by atoms with Crippen LogP contribution in [-0.2, 0) is 10.5 Å². The second kappa shape index (κ2) is 6.81. The van der Waals surface area contributed by atoms with E-state index < -0.39 is 0 Å². The number of nitrogen functional groups attached to an aromatic ring is 1. The van der Waals surface area contributed by atoms with Crippen molar-refractivity contribution in [1.29, 1.82) is 0 Å². The van der Waals surface area contributed by atoms with E-state index in [1.54, 1.807) is 11.8 Å². The average Bonchev–Trinajstić information content (AvgIpc) is 3.42. The second-order valence-corrected chi connectivity index (χ2v) is 8.63. The molecule has 29 heavy (non-hydrogen) atoms. The van der Waals surface area contributed by atoms with Crippen molar-refractivity contribution in [2.75, 3.05) is 24.2 Å². The molecule has 2 fully saturated rings. The molecule has 1 saturated heterocycles. The molecular weight excluding hydrogens is 386 g/mol. The molecule has 2 aromatic heterocycles. The van der Waals surface area contributed by atoms with Gasteiger partial charge >= 0.3 is 6.03 Å². The number of rotatable bonds is 5. The van der Waals surface area contributed by atoms with Gasteiger partial charge in [-0.2, -0.15) is 0 Å². The van der Waals surface area contributed by atoms with Crippen molar-refractivity contribution >= 4 is 40.7 Å². The SMILES string of the molecule is CN1C(=O)CN(c2cc(C3CC3)cn3cc(CSc4cccc(N)c4)nc23)C1=O. The number of nitrogens with zero attached hydrogens (tertiary/aromatic N) is 4. The summed E-state index contributed by atoms with van der Waals surface area (Å²) in [5.41, 5.74) is 10.1. The summed E-state index contributed by atoms with van der Waals surface area (Å²) in [7, 11) is 1.52. The van der Waals surface area contributed by atoms with Crippen LogP contribution in [0.4, 0.5) is 16.2 Å². The van der Waals surface area contributed by atoms with E-state index in [0.29, 0.717) is 23.0 Å². The van der Waals surface area contributed by atoms with Gasteiger partial charge in [0.05, 0.1) is 11.4 Å². The van der Waals surface area contributed by atoms with Crippen molar-refractivity contribution in [3.8, 4) is 0 Å². The van der Waals surface area contributed by atoms with Crippen LogP contribution in [0.3, 0.4) is 0 Å². The molecule has 0 spiro atoms. The minimum atomic E-state index is -0.302. The maximum atomic E-state index is 12.6. The molecule has 0 unspecified atom stereocenters. The van der Waals surface area contributed by atoms with Gasteiger partial charge in [0.25, 0.3) is 0 Å². The Morgan fingerprint density at radius 3 is 2.72 bits per heavy atom. The molecule has 3 heterocycles. The number of amides is 3. The second-order valence-electron chi connectivity index (χ2n) is 7.58. The molecule has 0 bridgehead atoms. The molecule has 5 rings (SSSR count). The molecular formula is C21H21N5O2S. The van der Waals surface area contributed by atoms with Gasteiger partial charge in [0.15, 0.2) is 5.65 Å². The molecule has 1 aliphatic heterocycles. The van der Waals surface area contributed by atoms with E-state index in [-0.39, 0.29) is 18.5 Å². The number of carbonyl (C=O) groups is 2. The van der Waals surface area contributed by atoms with Crippen molar-refractivity contribution in [1.82, 2.24) is 14.3 Å². The van der Waals surface area contributed by atoms with Gasteiger partial charge in [-0.25, -0.2) is 9.78 Å². The normalized spacial score (nSPS) is 17.0. The van der Waals surface area contributed by atoms with Crippen LogP contribution in [0.25, 0.3) is 5.65 Å². The smallest absolute Gasteiger partial charge is 0.331 e. The average molecular weight is 407 g/mol. The first-order valence-corrected chi connectivity index (χ1v) is 10.6. The summed E-state index contributed by atoms with van der Waals surface area (Å²) in [5, 5.41) is 0. The molecule has 1 aromatic carbocycles. The van der Waals surface area contributed by atoms with Crippen molar-refractivity contribution in [2.24, 2.45) is 0 Å². The van der Waals surface area contributed by atoms with Crippen LogP contribution in [0.1, 0.15) is 30.0 Å². The number of pyridine rings is 1. The number of benzene rings is 1. The summed E-state index contributed by atoms with van der Waals surface area (Å²) in [4.78, 5) is 33.2. The van der Waals surface area contributed by atoms with Crippen LogP contribution in [0, 0.1) is 0 Å². The van der Waals surface area contributed by atoms with Crippen molar-refractivity contribution < 1.29 is 9.59 Å². The van der Waals surface area contributed by atoms with Gasteiger partial charge in [-0.05, 0) is 48.6 Å². The third kappa shape index (κ3) is 3.33. The third-order valence-electron chi connectivity index (χ3n) is 5.37. The highest BCUT2D eigenvalue weighted by Gasteiger charge is 2.36. The number of hydrogen-bond acceptors (Lipinski definition) is 5. The lowest BCUT2D eigenvalue weighted by molar-refractivity contribution is -0.123. The van der Waals surface area contributed by atoms with Gasteiger partial charge in [0.2, 0.25) is 5.91 Å². The Bertz CT molecular complexity index is 1140. The zero-order chi connectivity index (χ0) is 20.1. The highest BCUT2D eigenvalue weighted by Crippen LogP contribution is 2.42. The van der Waals surface area contributed by atoms with Crippen LogP contribution >= 0.6 is 11.8 Å². The molecule has 0 atom stereocenters. The Kier molecular flexibility index (Phi) is 4.24. The predicted molar refractivity (Wildman–Crippen MR) is 113 cm³/mol. The largest absolute Gasteiger partial charge is 0.399 e. The first kappa shape index (κ1) is 18.1. The molecule has 8 heteroatoms. The van der Waals surface area contributed by atoms with E-state index in [1.165, 1.54) is 22.4 Å². The van der Waals surface area contributed by atoms with E-state index in [0.717, 1.165) is 29.1 Å². The molecule has 3 amide bonds. The van der Waals surface area contributed by atoms with Crippen molar-refractivity contribution in [3.63, 3.8) is 0 Å². The number of imidazole rings is 1. The number of aromatic nitrogens is 2. The number of nitrogens with two attached hydrogens (primary N) is 1. The predicted octanol–water partition coefficient (Wildman–Crippen LogP) is 3.48. The molecule has 2 aliphatic rings. The summed E-state index contributed by atoms with van der Waals surface area (Å²) >= 11 is 1.67. The quantitative estimate of drug-likeness (QED) is 0.398. The Hall–Kier alpha value is -3.00. The lowest BCUT2D eigenvalue weighted by Crippen LogP contribution is -2.30. The van der Waals surface area contributed by atoms with Crippen LogP contribution < -0.4 is 10.6 Å². The fourth-order valence-electron chi connectivity index (χ4n) is 3.61. The number of carbonyl (C=O) groups excluding carboxylic acids is 2. The standard InChI is InChI=1S/C21H21N5O2S/c1-24-19(27)11-26(21(24)28)18-7-14(13-5-6-13)9-25-10-16(23-20(18)25)12-29-17-4-2-3-15(22)8-17/h2-4,7-10,13H,5-6,11-12,22H2,1H3. The zero-order valence-corrected chi connectivity index (χ0v) is 16.9. The van der Waals surface area contributed by atoms with E-state index >= 15 is 0 Å². The monoisotopic (exact) mass is 407 g/mol. The van der Waals surface area contributed by atoms with Gasteiger partial charge in [0.1, 0.15) is 6.54 Å². The van der Waals surface area contributed by atoms with Crippen LogP contribution in [0.5, 0.6) is 0 Å². The molecule has 1 saturated carbocycles. The number of hydrogen-bond donors (Lipinski definition) is 1. The van der Waals surface area contributed by atoms with Gasteiger partial charge < -0.3 is 10.1 Å². The summed E-state index contributed by atoms with van der Waals surface area (Å²) in [6.45, 7) is 0.0549. The molecule has 1 aliphatic carbocycles. The molecule has 2 N–H and O–H groups in total. The minimum Gasteiger partial charge on any atom is -0.399 e. The first-order chi connectivity index (χ1) is 14.0. The van der Waals surface area contributed by atoms with Gasteiger partial charge in [-0.1, -0.05) is 6.07 Å². The Morgan fingerprint density at radius 2 is 2.03 bits per heavy atom. The summed E-state index contributed by atoms with van der Waals surface area (Å²) < 4.78 is 1.99. The molecule has 7 nitrogen and oxygen atoms in total. The maximum Gasteiger partial charge on any atom is 0.331 e. The third-order valence-corrected chi connectivity index (χ3v) is 6.40. The Morgan fingerprint density at radius 1 is 1.21 bits per heavy atom. The zero-order valence-electron chi connectivity index (χ0n) is 16.0. The number of thioether (sulfide) groups is 1.